The minimum atomic E-state index is 0.453. The number of rotatable bonds is 4. The van der Waals surface area contributed by atoms with Crippen LogP contribution in [0, 0.1) is 5.92 Å². The van der Waals surface area contributed by atoms with E-state index in [9.17, 15) is 0 Å². The van der Waals surface area contributed by atoms with Crippen LogP contribution in [-0.2, 0) is 12.8 Å². The van der Waals surface area contributed by atoms with Crippen LogP contribution < -0.4 is 5.32 Å². The lowest BCUT2D eigenvalue weighted by atomic mass is 9.92. The second-order valence-corrected chi connectivity index (χ2v) is 5.84. The van der Waals surface area contributed by atoms with Crippen LogP contribution in [0.4, 0.5) is 0 Å². The van der Waals surface area contributed by atoms with Crippen LogP contribution in [0.15, 0.2) is 28.7 Å². The fourth-order valence-electron chi connectivity index (χ4n) is 3.64. The molecular weight excluding hydrogens is 250 g/mol. The molecule has 2 aliphatic rings. The first-order valence-corrected chi connectivity index (χ1v) is 7.43. The summed E-state index contributed by atoms with van der Waals surface area (Å²) < 4.78 is 5.85. The number of likely N-dealkylation sites (N-methyl/N-ethyl adjacent to an activating group) is 1. The molecule has 0 bridgehead atoms. The number of aryl methyl sites for hydroxylation is 1. The van der Waals surface area contributed by atoms with Crippen molar-refractivity contribution in [1.82, 2.24) is 15.5 Å². The van der Waals surface area contributed by atoms with Crippen LogP contribution in [0.1, 0.15) is 41.2 Å². The molecule has 0 radical (unpaired) electrons. The van der Waals surface area contributed by atoms with E-state index in [1.807, 2.05) is 7.05 Å². The van der Waals surface area contributed by atoms with Gasteiger partial charge in [0.2, 0.25) is 11.8 Å². The van der Waals surface area contributed by atoms with E-state index in [1.165, 1.54) is 24.0 Å². The summed E-state index contributed by atoms with van der Waals surface area (Å²) in [6, 6.07) is 8.80. The summed E-state index contributed by atoms with van der Waals surface area (Å²) in [7, 11) is 1.93. The summed E-state index contributed by atoms with van der Waals surface area (Å²) in [6.07, 6.45) is 3.25. The number of nitrogens with zero attached hydrogens (tertiary/aromatic N) is 2. The largest absolute Gasteiger partial charge is 0.425 e. The predicted molar refractivity (Wildman–Crippen MR) is 75.7 cm³/mol. The molecule has 104 valence electrons. The van der Waals surface area contributed by atoms with Crippen molar-refractivity contribution in [2.24, 2.45) is 5.92 Å². The van der Waals surface area contributed by atoms with Gasteiger partial charge in [-0.05, 0) is 42.9 Å². The van der Waals surface area contributed by atoms with Crippen LogP contribution in [0.2, 0.25) is 0 Å². The van der Waals surface area contributed by atoms with Crippen molar-refractivity contribution in [3.8, 4) is 0 Å². The summed E-state index contributed by atoms with van der Waals surface area (Å²) in [5.41, 5.74) is 3.01. The Bertz CT molecular complexity index is 622. The molecule has 4 heteroatoms. The van der Waals surface area contributed by atoms with E-state index in [0.717, 1.165) is 24.7 Å². The molecule has 4 rings (SSSR count). The van der Waals surface area contributed by atoms with E-state index in [2.05, 4.69) is 39.8 Å². The van der Waals surface area contributed by atoms with Crippen molar-refractivity contribution in [3.63, 3.8) is 0 Å². The smallest absolute Gasteiger partial charge is 0.220 e. The van der Waals surface area contributed by atoms with E-state index in [0.29, 0.717) is 17.8 Å². The number of aromatic nitrogens is 2. The Morgan fingerprint density at radius 2 is 2.15 bits per heavy atom. The normalized spacial score (nSPS) is 26.9. The maximum atomic E-state index is 5.85. The molecule has 1 heterocycles. The standard InChI is InChI=1S/C16H19N3O/c1-17-9-8-13-18-19-16(20-13)15-12-7-6-10-4-2-3-5-11(10)14(12)15/h2-5,12,14-15,17H,6-9H2,1H3. The van der Waals surface area contributed by atoms with Gasteiger partial charge in [0.25, 0.3) is 0 Å². The Morgan fingerprint density at radius 3 is 3.05 bits per heavy atom. The first kappa shape index (κ1) is 12.1. The van der Waals surface area contributed by atoms with Gasteiger partial charge in [0.15, 0.2) is 0 Å². The zero-order valence-electron chi connectivity index (χ0n) is 11.7. The van der Waals surface area contributed by atoms with Gasteiger partial charge in [-0.2, -0.15) is 0 Å². The summed E-state index contributed by atoms with van der Waals surface area (Å²) in [4.78, 5) is 0. The molecule has 0 amide bonds. The monoisotopic (exact) mass is 269 g/mol. The average Bonchev–Trinajstić information content (AvgIpc) is 3.06. The molecule has 0 spiro atoms. The lowest BCUT2D eigenvalue weighted by Crippen LogP contribution is -2.10. The zero-order chi connectivity index (χ0) is 13.5. The zero-order valence-corrected chi connectivity index (χ0v) is 11.7. The van der Waals surface area contributed by atoms with Gasteiger partial charge in [0, 0.05) is 18.9 Å². The molecular formula is C16H19N3O. The first-order valence-electron chi connectivity index (χ1n) is 7.43. The molecule has 2 aliphatic carbocycles. The van der Waals surface area contributed by atoms with Crippen LogP contribution in [0.5, 0.6) is 0 Å². The second kappa shape index (κ2) is 4.70. The number of fused-ring (bicyclic) bond motifs is 3. The fraction of sp³-hybridized carbons (Fsp3) is 0.500. The molecule has 1 aromatic carbocycles. The molecule has 20 heavy (non-hydrogen) atoms. The van der Waals surface area contributed by atoms with E-state index in [1.54, 1.807) is 0 Å². The highest BCUT2D eigenvalue weighted by atomic mass is 16.4. The van der Waals surface area contributed by atoms with Crippen LogP contribution >= 0.6 is 0 Å². The Labute approximate surface area is 118 Å². The summed E-state index contributed by atoms with van der Waals surface area (Å²) >= 11 is 0. The molecule has 0 saturated heterocycles. The number of hydrogen-bond acceptors (Lipinski definition) is 4. The number of benzene rings is 1. The third kappa shape index (κ3) is 1.86. The van der Waals surface area contributed by atoms with Gasteiger partial charge >= 0.3 is 0 Å². The molecule has 1 fully saturated rings. The average molecular weight is 269 g/mol. The SMILES string of the molecule is CNCCc1nnc(C2C3CCc4ccccc4C32)o1. The molecule has 2 aromatic rings. The molecule has 1 N–H and O–H groups in total. The highest BCUT2D eigenvalue weighted by Gasteiger charge is 2.56. The van der Waals surface area contributed by atoms with Crippen molar-refractivity contribution >= 4 is 0 Å². The Hall–Kier alpha value is -1.68. The van der Waals surface area contributed by atoms with Crippen molar-refractivity contribution < 1.29 is 4.42 Å². The van der Waals surface area contributed by atoms with Crippen LogP contribution in [-0.4, -0.2) is 23.8 Å². The maximum absolute atomic E-state index is 5.85. The van der Waals surface area contributed by atoms with Gasteiger partial charge < -0.3 is 9.73 Å². The summed E-state index contributed by atoms with van der Waals surface area (Å²) in [5.74, 6) is 3.38. The fourth-order valence-corrected chi connectivity index (χ4v) is 3.64. The van der Waals surface area contributed by atoms with E-state index >= 15 is 0 Å². The highest BCUT2D eigenvalue weighted by molar-refractivity contribution is 5.42. The van der Waals surface area contributed by atoms with Crippen molar-refractivity contribution in [3.05, 3.63) is 47.2 Å². The van der Waals surface area contributed by atoms with Gasteiger partial charge in [-0.25, -0.2) is 0 Å². The Morgan fingerprint density at radius 1 is 1.25 bits per heavy atom. The number of hydrogen-bond donors (Lipinski definition) is 1. The van der Waals surface area contributed by atoms with E-state index in [-0.39, 0.29) is 0 Å². The molecule has 0 aliphatic heterocycles. The molecule has 4 nitrogen and oxygen atoms in total. The third-order valence-corrected chi connectivity index (χ3v) is 4.69. The minimum Gasteiger partial charge on any atom is -0.425 e. The molecule has 1 aromatic heterocycles. The molecule has 3 unspecified atom stereocenters. The maximum Gasteiger partial charge on any atom is 0.220 e. The lowest BCUT2D eigenvalue weighted by Gasteiger charge is -2.13. The van der Waals surface area contributed by atoms with E-state index in [4.69, 9.17) is 4.42 Å². The van der Waals surface area contributed by atoms with Gasteiger partial charge in [0.05, 0.1) is 0 Å². The van der Waals surface area contributed by atoms with Crippen molar-refractivity contribution in [1.29, 1.82) is 0 Å². The summed E-state index contributed by atoms with van der Waals surface area (Å²) in [6.45, 7) is 0.877. The Balaban J connectivity index is 1.56. The van der Waals surface area contributed by atoms with Crippen molar-refractivity contribution in [2.45, 2.75) is 31.1 Å². The number of nitrogens with one attached hydrogen (secondary N) is 1. The van der Waals surface area contributed by atoms with Crippen molar-refractivity contribution in [2.75, 3.05) is 13.6 Å². The summed E-state index contributed by atoms with van der Waals surface area (Å²) in [5, 5.41) is 11.6. The third-order valence-electron chi connectivity index (χ3n) is 4.69. The molecule has 1 saturated carbocycles. The van der Waals surface area contributed by atoms with Gasteiger partial charge in [-0.3, -0.25) is 0 Å². The van der Waals surface area contributed by atoms with E-state index < -0.39 is 0 Å². The first-order chi connectivity index (χ1) is 9.88. The quantitative estimate of drug-likeness (QED) is 0.925. The topological polar surface area (TPSA) is 51.0 Å². The molecule has 3 atom stereocenters. The second-order valence-electron chi connectivity index (χ2n) is 5.84. The van der Waals surface area contributed by atoms with Crippen LogP contribution in [0.3, 0.4) is 0 Å². The highest BCUT2D eigenvalue weighted by Crippen LogP contribution is 2.64. The van der Waals surface area contributed by atoms with Gasteiger partial charge in [0.1, 0.15) is 0 Å². The van der Waals surface area contributed by atoms with Gasteiger partial charge in [-0.1, -0.05) is 24.3 Å². The predicted octanol–water partition coefficient (Wildman–Crippen LogP) is 2.27. The van der Waals surface area contributed by atoms with Crippen LogP contribution in [0.25, 0.3) is 0 Å². The van der Waals surface area contributed by atoms with Gasteiger partial charge in [-0.15, -0.1) is 10.2 Å². The minimum absolute atomic E-state index is 0.453. The Kier molecular flexibility index (Phi) is 2.84. The lowest BCUT2D eigenvalue weighted by molar-refractivity contribution is 0.440.